The highest BCUT2D eigenvalue weighted by Crippen LogP contribution is 2.38. The molecule has 1 aliphatic carbocycles. The molecule has 0 atom stereocenters. The third kappa shape index (κ3) is 5.07. The van der Waals surface area contributed by atoms with Gasteiger partial charge in [0.2, 0.25) is 0 Å². The van der Waals surface area contributed by atoms with Crippen LogP contribution in [0.3, 0.4) is 0 Å². The molecule has 3 nitrogen and oxygen atoms in total. The minimum atomic E-state index is -4.13. The molecule has 2 aliphatic rings. The summed E-state index contributed by atoms with van der Waals surface area (Å²) in [6.07, 6.45) is -0.393. The van der Waals surface area contributed by atoms with E-state index in [0.717, 1.165) is 17.5 Å². The molecular weight excluding hydrogens is 434 g/mol. The number of nitrogens with zero attached hydrogens (tertiary/aromatic N) is 1. The van der Waals surface area contributed by atoms with Crippen molar-refractivity contribution in [3.63, 3.8) is 0 Å². The maximum atomic E-state index is 12.7. The second-order valence-corrected chi connectivity index (χ2v) is 9.43. The molecule has 2 rings (SSSR count). The number of halogens is 4. The monoisotopic (exact) mass is 457 g/mol. The number of alkyl halides is 4. The normalized spacial score (nSPS) is 26.7. The molecule has 24 heavy (non-hydrogen) atoms. The van der Waals surface area contributed by atoms with E-state index in [2.05, 4.69) is 18.4 Å². The van der Waals surface area contributed by atoms with Crippen molar-refractivity contribution < 1.29 is 22.7 Å². The summed E-state index contributed by atoms with van der Waals surface area (Å²) in [6, 6.07) is 0. The SMILES string of the molecule is C=C/C(=C(\C=O)OC1CCC(C(F)(F)F)CC1)N1CCC(C)=IC1. The Morgan fingerprint density at radius 3 is 2.46 bits per heavy atom. The molecule has 136 valence electrons. The molecule has 1 fully saturated rings. The quantitative estimate of drug-likeness (QED) is 0.116. The summed E-state index contributed by atoms with van der Waals surface area (Å²) < 4.78 is 46.4. The van der Waals surface area contributed by atoms with E-state index in [4.69, 9.17) is 4.74 Å². The van der Waals surface area contributed by atoms with Crippen molar-refractivity contribution in [1.29, 1.82) is 0 Å². The van der Waals surface area contributed by atoms with E-state index in [9.17, 15) is 18.0 Å². The summed E-state index contributed by atoms with van der Waals surface area (Å²) >= 11 is -0.0348. The molecule has 0 aromatic carbocycles. The minimum absolute atomic E-state index is 0.0348. The van der Waals surface area contributed by atoms with E-state index in [1.54, 1.807) is 6.08 Å². The number of hydrogen-bond donors (Lipinski definition) is 0. The molecule has 7 heteroatoms. The Morgan fingerprint density at radius 1 is 1.33 bits per heavy atom. The highest BCUT2D eigenvalue weighted by Gasteiger charge is 2.41. The van der Waals surface area contributed by atoms with Crippen molar-refractivity contribution in [2.24, 2.45) is 5.92 Å². The van der Waals surface area contributed by atoms with Crippen LogP contribution in [0.2, 0.25) is 0 Å². The van der Waals surface area contributed by atoms with E-state index in [1.807, 2.05) is 0 Å². The van der Waals surface area contributed by atoms with Gasteiger partial charge in [0.05, 0.1) is 22.3 Å². The van der Waals surface area contributed by atoms with Gasteiger partial charge in [0, 0.05) is 6.54 Å². The fourth-order valence-corrected chi connectivity index (χ4v) is 5.32. The van der Waals surface area contributed by atoms with Gasteiger partial charge in [0.25, 0.3) is 0 Å². The molecule has 0 aromatic rings. The lowest BCUT2D eigenvalue weighted by Crippen LogP contribution is -2.32. The number of rotatable bonds is 5. The molecule has 0 aromatic heterocycles. The maximum absolute atomic E-state index is 12.7. The predicted molar refractivity (Wildman–Crippen MR) is 97.1 cm³/mol. The Balaban J connectivity index is 2.02. The first-order chi connectivity index (χ1) is 11.3. The van der Waals surface area contributed by atoms with Crippen molar-refractivity contribution in [3.8, 4) is 0 Å². The summed E-state index contributed by atoms with van der Waals surface area (Å²) in [5.41, 5.74) is 0.676. The smallest absolute Gasteiger partial charge is 0.391 e. The largest absolute Gasteiger partial charge is 0.485 e. The number of carbonyl (C=O) groups is 1. The number of hydrogen-bond acceptors (Lipinski definition) is 3. The third-order valence-electron chi connectivity index (χ3n) is 4.48. The van der Waals surface area contributed by atoms with Gasteiger partial charge < -0.3 is 9.64 Å². The number of carbonyl (C=O) groups excluding carboxylic acids is 1. The van der Waals surface area contributed by atoms with E-state index in [1.165, 1.54) is 3.51 Å². The van der Waals surface area contributed by atoms with Crippen LogP contribution in [0.1, 0.15) is 39.0 Å². The lowest BCUT2D eigenvalue weighted by Gasteiger charge is -2.32. The second-order valence-electron chi connectivity index (χ2n) is 6.15. The average molecular weight is 457 g/mol. The number of aldehydes is 1. The highest BCUT2D eigenvalue weighted by atomic mass is 127. The standard InChI is InChI=1S/C17H23F3INO2/c1-3-15(22-9-8-12(2)21-11-22)16(10-23)24-14-6-4-13(5-7-14)17(18,19)20/h3,10,13-14H,1,4-9,11H2,2H3/b16-15-. The van der Waals surface area contributed by atoms with Crippen LogP contribution in [-0.2, 0) is 9.53 Å². The van der Waals surface area contributed by atoms with Crippen LogP contribution in [0.5, 0.6) is 0 Å². The van der Waals surface area contributed by atoms with E-state index in [-0.39, 0.29) is 45.4 Å². The van der Waals surface area contributed by atoms with Crippen LogP contribution in [0.15, 0.2) is 24.1 Å². The molecule has 1 saturated carbocycles. The third-order valence-corrected chi connectivity index (χ3v) is 7.49. The molecule has 0 amide bonds. The first-order valence-electron chi connectivity index (χ1n) is 8.07. The summed E-state index contributed by atoms with van der Waals surface area (Å²) in [5.74, 6) is -1.03. The van der Waals surface area contributed by atoms with E-state index >= 15 is 0 Å². The Bertz CT molecular complexity index is 534. The zero-order chi connectivity index (χ0) is 17.7. The lowest BCUT2D eigenvalue weighted by atomic mass is 9.87. The lowest BCUT2D eigenvalue weighted by molar-refractivity contribution is -0.186. The van der Waals surface area contributed by atoms with Gasteiger partial charge in [-0.3, -0.25) is 4.79 Å². The zero-order valence-corrected chi connectivity index (χ0v) is 15.9. The average Bonchev–Trinajstić information content (AvgIpc) is 2.55. The predicted octanol–water partition coefficient (Wildman–Crippen LogP) is 4.55. The van der Waals surface area contributed by atoms with Gasteiger partial charge in [0.15, 0.2) is 12.0 Å². The summed E-state index contributed by atoms with van der Waals surface area (Å²) in [7, 11) is 0. The number of ether oxygens (including phenoxy) is 1. The van der Waals surface area contributed by atoms with Crippen molar-refractivity contribution in [2.45, 2.75) is 51.3 Å². The van der Waals surface area contributed by atoms with Crippen molar-refractivity contribution in [1.82, 2.24) is 4.90 Å². The highest BCUT2D eigenvalue weighted by molar-refractivity contribution is 14.2. The first kappa shape index (κ1) is 19.5. The van der Waals surface area contributed by atoms with E-state index in [0.29, 0.717) is 24.8 Å². The second kappa shape index (κ2) is 8.49. The van der Waals surface area contributed by atoms with E-state index < -0.39 is 12.1 Å². The van der Waals surface area contributed by atoms with Crippen molar-refractivity contribution in [2.75, 3.05) is 11.1 Å². The fourth-order valence-electron chi connectivity index (χ4n) is 3.00. The van der Waals surface area contributed by atoms with Gasteiger partial charge in [-0.05, 0) is 48.6 Å². The maximum Gasteiger partial charge on any atom is 0.391 e. The van der Waals surface area contributed by atoms with Gasteiger partial charge >= 0.3 is 6.18 Å². The Labute approximate surface area is 150 Å². The summed E-state index contributed by atoms with van der Waals surface area (Å²) in [5, 5.41) is 0. The topological polar surface area (TPSA) is 29.5 Å². The van der Waals surface area contributed by atoms with Crippen LogP contribution in [-0.4, -0.2) is 38.1 Å². The van der Waals surface area contributed by atoms with Crippen LogP contribution >= 0.6 is 20.7 Å². The van der Waals surface area contributed by atoms with Crippen LogP contribution < -0.4 is 0 Å². The minimum Gasteiger partial charge on any atom is -0.485 e. The number of allylic oxidation sites excluding steroid dienone is 2. The Hall–Kier alpha value is -0.860. The Kier molecular flexibility index (Phi) is 6.88. The molecular formula is C17H23F3INO2. The molecule has 0 saturated heterocycles. The fraction of sp³-hybridized carbons (Fsp3) is 0.647. The summed E-state index contributed by atoms with van der Waals surface area (Å²) in [4.78, 5) is 13.6. The van der Waals surface area contributed by atoms with Gasteiger partial charge in [-0.15, -0.1) is 20.7 Å². The molecule has 0 N–H and O–H groups in total. The molecule has 1 heterocycles. The molecule has 1 aliphatic heterocycles. The zero-order valence-electron chi connectivity index (χ0n) is 13.7. The molecule has 0 bridgehead atoms. The van der Waals surface area contributed by atoms with Gasteiger partial charge in [-0.1, -0.05) is 6.58 Å². The molecule has 0 spiro atoms. The van der Waals surface area contributed by atoms with Crippen LogP contribution in [0.25, 0.3) is 0 Å². The molecule has 0 radical (unpaired) electrons. The van der Waals surface area contributed by atoms with Crippen LogP contribution in [0, 0.1) is 5.92 Å². The summed E-state index contributed by atoms with van der Waals surface area (Å²) in [6.45, 7) is 6.77. The molecule has 0 unspecified atom stereocenters. The Morgan fingerprint density at radius 2 is 2.00 bits per heavy atom. The van der Waals surface area contributed by atoms with Crippen molar-refractivity contribution in [3.05, 3.63) is 24.1 Å². The van der Waals surface area contributed by atoms with Gasteiger partial charge in [0.1, 0.15) is 0 Å². The van der Waals surface area contributed by atoms with Crippen LogP contribution in [0.4, 0.5) is 13.2 Å². The first-order valence-corrected chi connectivity index (χ1v) is 10.7. The van der Waals surface area contributed by atoms with Crippen molar-refractivity contribution >= 4 is 30.5 Å². The van der Waals surface area contributed by atoms with Gasteiger partial charge in [-0.2, -0.15) is 13.2 Å². The van der Waals surface area contributed by atoms with Gasteiger partial charge in [-0.25, -0.2) is 0 Å².